The molecule has 0 aromatic rings. The van der Waals surface area contributed by atoms with E-state index in [0.717, 1.165) is 0 Å². The summed E-state index contributed by atoms with van der Waals surface area (Å²) in [5.74, 6) is 0. The second-order valence-electron chi connectivity index (χ2n) is 0.250. The minimum absolute atomic E-state index is 0. The molecule has 0 amide bonds. The van der Waals surface area contributed by atoms with Gasteiger partial charge in [-0.05, 0) is 6.16 Å². The molecule has 4 nitrogen and oxygen atoms in total. The van der Waals surface area contributed by atoms with Crippen molar-refractivity contribution in [3.05, 3.63) is 0 Å². The van der Waals surface area contributed by atoms with Gasteiger partial charge in [0.15, 0.2) is 0 Å². The third-order valence-corrected chi connectivity index (χ3v) is 0. The molecule has 0 aromatic carbocycles. The zero-order valence-electron chi connectivity index (χ0n) is 3.19. The van der Waals surface area contributed by atoms with Gasteiger partial charge >= 0.3 is 42.8 Å². The molecule has 38 valence electrons. The van der Waals surface area contributed by atoms with Gasteiger partial charge in [-0.25, -0.2) is 0 Å². The summed E-state index contributed by atoms with van der Waals surface area (Å²) in [7, 11) is 0. The van der Waals surface area contributed by atoms with Crippen molar-refractivity contribution in [1.82, 2.24) is 0 Å². The number of rotatable bonds is 0. The van der Waals surface area contributed by atoms with E-state index in [1.165, 1.54) is 0 Å². The van der Waals surface area contributed by atoms with Crippen molar-refractivity contribution in [2.75, 3.05) is 0 Å². The number of carboxylic acid groups (broad SMARTS) is 2. The van der Waals surface area contributed by atoms with Crippen molar-refractivity contribution < 1.29 is 34.8 Å². The Bertz CT molecular complexity index is 43.0. The molecule has 0 bridgehead atoms. The fourth-order valence-corrected chi connectivity index (χ4v) is 0. The van der Waals surface area contributed by atoms with Crippen LogP contribution in [0.2, 0.25) is 0 Å². The molecule has 0 N–H and O–H groups in total. The van der Waals surface area contributed by atoms with Crippen molar-refractivity contribution in [1.29, 1.82) is 0 Å². The van der Waals surface area contributed by atoms with E-state index in [1.807, 2.05) is 15.9 Å². The summed E-state index contributed by atoms with van der Waals surface area (Å²) in [6.45, 7) is 0. The van der Waals surface area contributed by atoms with Crippen LogP contribution in [0.3, 0.4) is 0 Å². The average Bonchev–Trinajstić information content (AvgIpc) is 1.41. The maximum atomic E-state index is 8.33. The zero-order chi connectivity index (χ0) is 5.58. The molecular weight excluding hydrogens is 156 g/mol. The molecule has 0 saturated carbocycles. The second kappa shape index (κ2) is 16.2. The molecule has 0 fully saturated rings. The van der Waals surface area contributed by atoms with Crippen LogP contribution in [0.1, 0.15) is 0 Å². The van der Waals surface area contributed by atoms with E-state index in [-0.39, 0.29) is 23.1 Å². The first-order valence-electron chi connectivity index (χ1n) is 0.757. The third kappa shape index (κ3) is 953. The maximum absolute atomic E-state index is 8.33. The van der Waals surface area contributed by atoms with Crippen molar-refractivity contribution in [3.63, 3.8) is 0 Å². The van der Waals surface area contributed by atoms with Gasteiger partial charge in [0, 0.05) is 0 Å². The Labute approximate surface area is 64.1 Å². The van der Waals surface area contributed by atoms with Crippen LogP contribution in [0.5, 0.6) is 0 Å². The van der Waals surface area contributed by atoms with Gasteiger partial charge in [-0.15, -0.1) is 0 Å². The Balaban J connectivity index is -0.0000000480. The average molecular weight is 156 g/mol. The fourth-order valence-electron chi connectivity index (χ4n) is 0. The molecule has 0 aliphatic heterocycles. The van der Waals surface area contributed by atoms with Crippen LogP contribution >= 0.6 is 0 Å². The molecule has 0 atom stereocenters. The molecule has 0 radical (unpaired) electrons. The Morgan fingerprint density at radius 1 is 1.29 bits per heavy atom. The van der Waals surface area contributed by atoms with Crippen molar-refractivity contribution in [3.8, 4) is 0 Å². The van der Waals surface area contributed by atoms with Gasteiger partial charge in [0.25, 0.3) is 0 Å². The van der Waals surface area contributed by atoms with Crippen molar-refractivity contribution >= 4 is 29.2 Å². The quantitative estimate of drug-likeness (QED) is 0.351. The van der Waals surface area contributed by atoms with Gasteiger partial charge in [-0.1, -0.05) is 0 Å². The Hall–Kier alpha value is 0.356. The molecule has 0 aliphatic rings. The first-order valence-corrected chi connectivity index (χ1v) is 1.21. The van der Waals surface area contributed by atoms with Gasteiger partial charge in [0.1, 0.15) is 0 Å². The van der Waals surface area contributed by atoms with E-state index in [0.29, 0.717) is 0 Å². The van der Waals surface area contributed by atoms with Crippen LogP contribution in [0.15, 0.2) is 0 Å². The third-order valence-electron chi connectivity index (χ3n) is 0. The molecule has 0 spiro atoms. The molecule has 6 heteroatoms. The van der Waals surface area contributed by atoms with Crippen molar-refractivity contribution in [2.24, 2.45) is 0 Å². The molecular formula is CFeMgO4. The molecule has 0 heterocycles. The molecule has 0 saturated heterocycles. The first-order chi connectivity index (χ1) is 2.73. The molecule has 0 unspecified atom stereocenters. The number of carbonyl (C=O) groups is 1. The molecule has 0 rings (SSSR count). The van der Waals surface area contributed by atoms with Gasteiger partial charge in [-0.2, -0.15) is 0 Å². The first kappa shape index (κ1) is 15.7. The second-order valence-corrected chi connectivity index (χ2v) is 0.250. The van der Waals surface area contributed by atoms with E-state index >= 15 is 0 Å². The molecule has 0 aromatic heterocycles. The Kier molecular flexibility index (Phi) is 36.2. The van der Waals surface area contributed by atoms with E-state index in [4.69, 9.17) is 18.8 Å². The van der Waals surface area contributed by atoms with Gasteiger partial charge in [-0.3, -0.25) is 0 Å². The fraction of sp³-hybridized carbons (Fsp3) is 0. The topological polar surface area (TPSA) is 80.3 Å². The summed E-state index contributed by atoms with van der Waals surface area (Å²) in [5.41, 5.74) is 0. The van der Waals surface area contributed by atoms with Crippen LogP contribution in [0, 0.1) is 0 Å². The van der Waals surface area contributed by atoms with Crippen molar-refractivity contribution in [2.45, 2.75) is 0 Å². The number of hydrogen-bond donors (Lipinski definition) is 0. The van der Waals surface area contributed by atoms with E-state index in [9.17, 15) is 0 Å². The number of hydrogen-bond acceptors (Lipinski definition) is 4. The summed E-state index contributed by atoms with van der Waals surface area (Å²) in [6.07, 6.45) is -2.33. The van der Waals surface area contributed by atoms with Gasteiger partial charge in [0.2, 0.25) is 0 Å². The SMILES string of the molecule is O=C([O-])[O-].[Mg+2].[O]=[Fe]. The zero-order valence-corrected chi connectivity index (χ0v) is 5.71. The predicted octanol–water partition coefficient (Wildman–Crippen LogP) is -2.95. The van der Waals surface area contributed by atoms with E-state index in [1.54, 1.807) is 0 Å². The van der Waals surface area contributed by atoms with Crippen LogP contribution < -0.4 is 10.2 Å². The van der Waals surface area contributed by atoms with Crippen LogP contribution in [0.25, 0.3) is 0 Å². The van der Waals surface area contributed by atoms with Crippen LogP contribution in [-0.4, -0.2) is 29.2 Å². The Morgan fingerprint density at radius 2 is 1.29 bits per heavy atom. The molecule has 7 heavy (non-hydrogen) atoms. The summed E-state index contributed by atoms with van der Waals surface area (Å²) in [6, 6.07) is 0. The summed E-state index contributed by atoms with van der Waals surface area (Å²) in [5, 5.41) is 16.7. The predicted molar refractivity (Wildman–Crippen MR) is 11.8 cm³/mol. The summed E-state index contributed by atoms with van der Waals surface area (Å²) in [4.78, 5) is 8.33. The Morgan fingerprint density at radius 3 is 1.29 bits per heavy atom. The monoisotopic (exact) mass is 156 g/mol. The summed E-state index contributed by atoms with van der Waals surface area (Å²) < 4.78 is 8.00. The number of carbonyl (C=O) groups excluding carboxylic acids is 1. The van der Waals surface area contributed by atoms with Crippen LogP contribution in [0.4, 0.5) is 4.79 Å². The minimum atomic E-state index is -2.33. The normalized spacial score (nSPS) is 4.14. The van der Waals surface area contributed by atoms with Gasteiger partial charge < -0.3 is 15.0 Å². The van der Waals surface area contributed by atoms with E-state index < -0.39 is 6.16 Å². The van der Waals surface area contributed by atoms with Crippen LogP contribution in [-0.2, 0) is 19.8 Å². The summed E-state index contributed by atoms with van der Waals surface area (Å²) >= 11 is 2.00. The van der Waals surface area contributed by atoms with Gasteiger partial charge in [0.05, 0.1) is 0 Å². The molecule has 0 aliphatic carbocycles. The standard InChI is InChI=1S/CH2O3.Fe.Mg.O/c2-1(3)4;;;/h(H2,2,3,4);;;/q;;+2;/p-2. The van der Waals surface area contributed by atoms with E-state index in [2.05, 4.69) is 0 Å².